The van der Waals surface area contributed by atoms with Gasteiger partial charge in [-0.3, -0.25) is 19.2 Å². The number of carboxylic acid groups (broad SMARTS) is 1. The van der Waals surface area contributed by atoms with Crippen LogP contribution in [0.15, 0.2) is 0 Å². The van der Waals surface area contributed by atoms with E-state index in [0.29, 0.717) is 6.42 Å². The molecule has 0 aromatic carbocycles. The van der Waals surface area contributed by atoms with E-state index in [2.05, 4.69) is 28.6 Å². The molecule has 9 nitrogen and oxygen atoms in total. The normalized spacial score (nSPS) is 15.6. The van der Waals surface area contributed by atoms with E-state index < -0.39 is 47.9 Å². The highest BCUT2D eigenvalue weighted by Gasteiger charge is 2.26. The van der Waals surface area contributed by atoms with Crippen molar-refractivity contribution in [1.29, 1.82) is 0 Å². The van der Waals surface area contributed by atoms with Crippen LogP contribution in [0.3, 0.4) is 0 Å². The van der Waals surface area contributed by atoms with Crippen LogP contribution in [-0.2, 0) is 19.2 Å². The summed E-state index contributed by atoms with van der Waals surface area (Å²) in [5, 5.41) is 15.9. The van der Waals surface area contributed by atoms with Crippen molar-refractivity contribution in [2.24, 2.45) is 11.7 Å². The lowest BCUT2D eigenvalue weighted by atomic mass is 10.0. The van der Waals surface area contributed by atoms with Gasteiger partial charge < -0.3 is 26.8 Å². The van der Waals surface area contributed by atoms with Crippen molar-refractivity contribution in [2.75, 3.05) is 5.75 Å². The van der Waals surface area contributed by atoms with Gasteiger partial charge in [-0.2, -0.15) is 12.6 Å². The highest BCUT2D eigenvalue weighted by atomic mass is 32.1. The first-order chi connectivity index (χ1) is 11.5. The fourth-order valence-electron chi connectivity index (χ4n) is 1.87. The lowest BCUT2D eigenvalue weighted by Crippen LogP contribution is -2.56. The standard InChI is InChI=1S/C15H28N4O5S/c1-7(2)5-10(16)13(21)17-8(3)12(20)19-11(6-25)14(22)18-9(4)15(23)24/h7-11,25H,5-6,16H2,1-4H3,(H,17,21)(H,18,22)(H,19,20)(H,23,24). The summed E-state index contributed by atoms with van der Waals surface area (Å²) in [7, 11) is 0. The maximum absolute atomic E-state index is 12.1. The Kier molecular flexibility index (Phi) is 10.1. The summed E-state index contributed by atoms with van der Waals surface area (Å²) < 4.78 is 0. The molecular formula is C15H28N4O5S. The minimum Gasteiger partial charge on any atom is -0.480 e. The third-order valence-corrected chi connectivity index (χ3v) is 3.72. The third-order valence-electron chi connectivity index (χ3n) is 3.36. The summed E-state index contributed by atoms with van der Waals surface area (Å²) in [4.78, 5) is 46.8. The van der Waals surface area contributed by atoms with Crippen molar-refractivity contribution in [3.8, 4) is 0 Å². The number of rotatable bonds is 10. The molecule has 25 heavy (non-hydrogen) atoms. The number of carbonyl (C=O) groups excluding carboxylic acids is 3. The molecule has 144 valence electrons. The van der Waals surface area contributed by atoms with Gasteiger partial charge in [0.25, 0.3) is 0 Å². The lowest BCUT2D eigenvalue weighted by Gasteiger charge is -2.22. The van der Waals surface area contributed by atoms with Gasteiger partial charge >= 0.3 is 5.97 Å². The quantitative estimate of drug-likeness (QED) is 0.266. The van der Waals surface area contributed by atoms with E-state index in [9.17, 15) is 19.2 Å². The molecule has 0 rings (SSSR count). The molecule has 4 unspecified atom stereocenters. The summed E-state index contributed by atoms with van der Waals surface area (Å²) in [6.07, 6.45) is 0.481. The predicted molar refractivity (Wildman–Crippen MR) is 96.1 cm³/mol. The molecule has 10 heteroatoms. The van der Waals surface area contributed by atoms with Crippen LogP contribution in [0.4, 0.5) is 0 Å². The number of hydrogen-bond donors (Lipinski definition) is 6. The maximum Gasteiger partial charge on any atom is 0.325 e. The Labute approximate surface area is 152 Å². The first-order valence-electron chi connectivity index (χ1n) is 7.99. The second-order valence-electron chi connectivity index (χ2n) is 6.28. The molecule has 0 aromatic heterocycles. The number of hydrogen-bond acceptors (Lipinski definition) is 6. The molecule has 0 fully saturated rings. The van der Waals surface area contributed by atoms with Crippen LogP contribution in [0.1, 0.15) is 34.1 Å². The molecule has 0 radical (unpaired) electrons. The second-order valence-corrected chi connectivity index (χ2v) is 6.64. The zero-order valence-corrected chi connectivity index (χ0v) is 15.8. The molecule has 6 N–H and O–H groups in total. The average Bonchev–Trinajstić information content (AvgIpc) is 2.50. The van der Waals surface area contributed by atoms with Crippen molar-refractivity contribution in [1.82, 2.24) is 16.0 Å². The van der Waals surface area contributed by atoms with Crippen LogP contribution in [0, 0.1) is 5.92 Å². The molecule has 0 aliphatic rings. The van der Waals surface area contributed by atoms with E-state index >= 15 is 0 Å². The first-order valence-corrected chi connectivity index (χ1v) is 8.63. The molecule has 0 aliphatic heterocycles. The van der Waals surface area contributed by atoms with Crippen LogP contribution >= 0.6 is 12.6 Å². The van der Waals surface area contributed by atoms with Crippen LogP contribution in [0.25, 0.3) is 0 Å². The Morgan fingerprint density at radius 2 is 1.44 bits per heavy atom. The molecule has 0 saturated heterocycles. The Bertz CT molecular complexity index is 500. The number of carbonyl (C=O) groups is 4. The van der Waals surface area contributed by atoms with Crippen LogP contribution in [-0.4, -0.2) is 58.7 Å². The van der Waals surface area contributed by atoms with Gasteiger partial charge in [-0.1, -0.05) is 13.8 Å². The number of nitrogens with one attached hydrogen (secondary N) is 3. The monoisotopic (exact) mass is 376 g/mol. The zero-order valence-electron chi connectivity index (χ0n) is 14.9. The smallest absolute Gasteiger partial charge is 0.325 e. The molecule has 0 spiro atoms. The minimum atomic E-state index is -1.20. The number of thiol groups is 1. The highest BCUT2D eigenvalue weighted by Crippen LogP contribution is 2.03. The number of amides is 3. The van der Waals surface area contributed by atoms with Crippen LogP contribution < -0.4 is 21.7 Å². The topological polar surface area (TPSA) is 151 Å². The zero-order chi connectivity index (χ0) is 19.7. The SMILES string of the molecule is CC(C)CC(N)C(=O)NC(C)C(=O)NC(CS)C(=O)NC(C)C(=O)O. The highest BCUT2D eigenvalue weighted by molar-refractivity contribution is 7.80. The van der Waals surface area contributed by atoms with Gasteiger partial charge in [0.2, 0.25) is 17.7 Å². The summed E-state index contributed by atoms with van der Waals surface area (Å²) in [5.74, 6) is -2.72. The van der Waals surface area contributed by atoms with Gasteiger partial charge in [0.1, 0.15) is 18.1 Å². The fourth-order valence-corrected chi connectivity index (χ4v) is 2.12. The molecule has 0 saturated carbocycles. The van der Waals surface area contributed by atoms with Crippen LogP contribution in [0.5, 0.6) is 0 Å². The Morgan fingerprint density at radius 1 is 0.920 bits per heavy atom. The Morgan fingerprint density at radius 3 is 1.88 bits per heavy atom. The predicted octanol–water partition coefficient (Wildman–Crippen LogP) is -1.13. The van der Waals surface area contributed by atoms with E-state index in [1.165, 1.54) is 13.8 Å². The van der Waals surface area contributed by atoms with E-state index in [1.54, 1.807) is 0 Å². The van der Waals surface area contributed by atoms with Crippen molar-refractivity contribution in [3.63, 3.8) is 0 Å². The van der Waals surface area contributed by atoms with E-state index in [1.807, 2.05) is 13.8 Å². The van der Waals surface area contributed by atoms with E-state index in [4.69, 9.17) is 10.8 Å². The van der Waals surface area contributed by atoms with Crippen molar-refractivity contribution in [3.05, 3.63) is 0 Å². The fraction of sp³-hybridized carbons (Fsp3) is 0.733. The summed E-state index contributed by atoms with van der Waals surface area (Å²) >= 11 is 3.98. The van der Waals surface area contributed by atoms with Gasteiger partial charge in [0.05, 0.1) is 6.04 Å². The number of carboxylic acids is 1. The molecule has 3 amide bonds. The van der Waals surface area contributed by atoms with Gasteiger partial charge in [-0.15, -0.1) is 0 Å². The molecule has 0 aliphatic carbocycles. The molecular weight excluding hydrogens is 348 g/mol. The van der Waals surface area contributed by atoms with E-state index in [0.717, 1.165) is 0 Å². The summed E-state index contributed by atoms with van der Waals surface area (Å²) in [6, 6.07) is -3.76. The second kappa shape index (κ2) is 10.9. The Hall–Kier alpha value is -1.81. The first kappa shape index (κ1) is 23.2. The van der Waals surface area contributed by atoms with Gasteiger partial charge in [-0.25, -0.2) is 0 Å². The lowest BCUT2D eigenvalue weighted by molar-refractivity contribution is -0.141. The van der Waals surface area contributed by atoms with Crippen molar-refractivity contribution in [2.45, 2.75) is 58.3 Å². The largest absolute Gasteiger partial charge is 0.480 e. The van der Waals surface area contributed by atoms with E-state index in [-0.39, 0.29) is 11.7 Å². The van der Waals surface area contributed by atoms with Gasteiger partial charge in [-0.05, 0) is 26.2 Å². The minimum absolute atomic E-state index is 0.0303. The summed E-state index contributed by atoms with van der Waals surface area (Å²) in [6.45, 7) is 6.62. The van der Waals surface area contributed by atoms with Crippen molar-refractivity contribution < 1.29 is 24.3 Å². The molecule has 0 bridgehead atoms. The molecule has 0 heterocycles. The van der Waals surface area contributed by atoms with Gasteiger partial charge in [0, 0.05) is 5.75 Å². The van der Waals surface area contributed by atoms with Gasteiger partial charge in [0.15, 0.2) is 0 Å². The third kappa shape index (κ3) is 8.73. The number of aliphatic carboxylic acids is 1. The van der Waals surface area contributed by atoms with Crippen molar-refractivity contribution >= 4 is 36.3 Å². The molecule has 0 aromatic rings. The van der Waals surface area contributed by atoms with Crippen LogP contribution in [0.2, 0.25) is 0 Å². The summed E-state index contributed by atoms with van der Waals surface area (Å²) in [5.41, 5.74) is 5.75. The Balaban J connectivity index is 4.63. The average molecular weight is 376 g/mol. The maximum atomic E-state index is 12.1. The molecule has 4 atom stereocenters. The number of nitrogens with two attached hydrogens (primary N) is 1.